The summed E-state index contributed by atoms with van der Waals surface area (Å²) in [6.07, 6.45) is 68.7. The van der Waals surface area contributed by atoms with Gasteiger partial charge in [-0.2, -0.15) is 0 Å². The van der Waals surface area contributed by atoms with Crippen LogP contribution in [0.3, 0.4) is 0 Å². The van der Waals surface area contributed by atoms with Crippen molar-refractivity contribution < 1.29 is 28.6 Å². The first-order valence-corrected chi connectivity index (χ1v) is 24.3. The van der Waals surface area contributed by atoms with E-state index in [1.54, 1.807) is 0 Å². The van der Waals surface area contributed by atoms with Crippen LogP contribution >= 0.6 is 0 Å². The van der Waals surface area contributed by atoms with E-state index >= 15 is 0 Å². The lowest BCUT2D eigenvalue weighted by Gasteiger charge is -2.18. The van der Waals surface area contributed by atoms with Crippen LogP contribution in [-0.4, -0.2) is 37.2 Å². The molecule has 0 spiro atoms. The zero-order chi connectivity index (χ0) is 45.1. The van der Waals surface area contributed by atoms with Gasteiger partial charge in [0.25, 0.3) is 0 Å². The van der Waals surface area contributed by atoms with Gasteiger partial charge in [-0.15, -0.1) is 0 Å². The second kappa shape index (κ2) is 49.2. The Hall–Kier alpha value is -4.45. The van der Waals surface area contributed by atoms with Gasteiger partial charge in [0.1, 0.15) is 13.2 Å². The average Bonchev–Trinajstić information content (AvgIpc) is 3.27. The molecule has 0 amide bonds. The van der Waals surface area contributed by atoms with Crippen LogP contribution in [0.4, 0.5) is 0 Å². The van der Waals surface area contributed by atoms with Crippen LogP contribution in [0.5, 0.6) is 0 Å². The Labute approximate surface area is 379 Å². The molecule has 0 aromatic heterocycles. The molecule has 1 atom stereocenters. The summed E-state index contributed by atoms with van der Waals surface area (Å²) in [7, 11) is 0. The second-order valence-corrected chi connectivity index (χ2v) is 15.4. The largest absolute Gasteiger partial charge is 0.462 e. The zero-order valence-electron chi connectivity index (χ0n) is 39.3. The quantitative estimate of drug-likeness (QED) is 0.0200. The molecule has 0 rings (SSSR count). The normalized spacial score (nSPS) is 13.3. The lowest BCUT2D eigenvalue weighted by molar-refractivity contribution is -0.167. The highest BCUT2D eigenvalue weighted by molar-refractivity contribution is 5.71. The summed E-state index contributed by atoms with van der Waals surface area (Å²) in [4.78, 5) is 37.8. The smallest absolute Gasteiger partial charge is 0.306 e. The maximum atomic E-state index is 12.7. The van der Waals surface area contributed by atoms with Crippen molar-refractivity contribution in [3.05, 3.63) is 134 Å². The number of ether oxygens (including phenoxy) is 3. The molecule has 0 saturated carbocycles. The molecule has 6 nitrogen and oxygen atoms in total. The molecule has 0 aromatic rings. The first-order valence-electron chi connectivity index (χ1n) is 24.3. The Kier molecular flexibility index (Phi) is 45.7. The van der Waals surface area contributed by atoms with Gasteiger partial charge in [0, 0.05) is 19.3 Å². The minimum atomic E-state index is -0.833. The first kappa shape index (κ1) is 57.5. The molecule has 346 valence electrons. The van der Waals surface area contributed by atoms with Crippen LogP contribution in [0.25, 0.3) is 0 Å². The molecule has 0 bridgehead atoms. The lowest BCUT2D eigenvalue weighted by atomic mass is 10.1. The predicted octanol–water partition coefficient (Wildman–Crippen LogP) is 15.9. The molecule has 0 aliphatic carbocycles. The minimum Gasteiger partial charge on any atom is -0.462 e. The third-order valence-electron chi connectivity index (χ3n) is 9.56. The van der Waals surface area contributed by atoms with E-state index in [1.165, 1.54) is 32.1 Å². The van der Waals surface area contributed by atoms with Crippen molar-refractivity contribution in [3.8, 4) is 0 Å². The van der Waals surface area contributed by atoms with Gasteiger partial charge < -0.3 is 14.2 Å². The molecule has 0 saturated heterocycles. The number of allylic oxidation sites excluding steroid dienone is 22. The Morgan fingerprint density at radius 2 is 0.726 bits per heavy atom. The average molecular weight is 855 g/mol. The van der Waals surface area contributed by atoms with E-state index in [1.807, 2.05) is 48.6 Å². The van der Waals surface area contributed by atoms with Crippen molar-refractivity contribution in [2.75, 3.05) is 13.2 Å². The maximum absolute atomic E-state index is 12.7. The van der Waals surface area contributed by atoms with Gasteiger partial charge in [0.05, 0.1) is 0 Å². The number of hydrogen-bond donors (Lipinski definition) is 0. The Morgan fingerprint density at radius 3 is 1.24 bits per heavy atom. The molecule has 0 aliphatic rings. The predicted molar refractivity (Wildman–Crippen MR) is 265 cm³/mol. The molecule has 0 fully saturated rings. The highest BCUT2D eigenvalue weighted by atomic mass is 16.6. The van der Waals surface area contributed by atoms with Crippen LogP contribution < -0.4 is 0 Å². The number of esters is 3. The van der Waals surface area contributed by atoms with Crippen molar-refractivity contribution in [3.63, 3.8) is 0 Å². The van der Waals surface area contributed by atoms with E-state index in [-0.39, 0.29) is 44.0 Å². The van der Waals surface area contributed by atoms with Crippen molar-refractivity contribution in [1.82, 2.24) is 0 Å². The molecular weight excluding hydrogens is 769 g/mol. The molecule has 0 radical (unpaired) electrons. The highest BCUT2D eigenvalue weighted by Crippen LogP contribution is 2.11. The Bertz CT molecular complexity index is 1400. The van der Waals surface area contributed by atoms with E-state index in [0.29, 0.717) is 19.3 Å². The second-order valence-electron chi connectivity index (χ2n) is 15.4. The standard InChI is InChI=1S/C56H86O6/c1-4-7-10-13-16-19-22-24-26-27-28-30-31-34-37-40-43-46-49-55(58)61-52-53(51-60-54(57)48-45-42-39-36-33-21-18-15-12-9-6-3)62-56(59)50-47-44-41-38-35-32-29-25-23-20-17-14-11-8-5-2/h8-9,11-12,14,17-18,20-30,32,35-36,39,53H,4-7,10,13,15-16,19,31,33-34,37-38,40-52H2,1-3H3/b11-8-,12-9-,17-14-,21-18-,23-20-,24-22-,27-26-,29-25-,30-28-,35-32-,39-36-. The highest BCUT2D eigenvalue weighted by Gasteiger charge is 2.19. The fourth-order valence-corrected chi connectivity index (χ4v) is 5.96. The summed E-state index contributed by atoms with van der Waals surface area (Å²) >= 11 is 0. The first-order chi connectivity index (χ1) is 30.5. The summed E-state index contributed by atoms with van der Waals surface area (Å²) in [5, 5.41) is 0. The molecule has 0 N–H and O–H groups in total. The maximum Gasteiger partial charge on any atom is 0.306 e. The van der Waals surface area contributed by atoms with Crippen molar-refractivity contribution in [2.24, 2.45) is 0 Å². The van der Waals surface area contributed by atoms with Crippen LogP contribution in [0.15, 0.2) is 134 Å². The van der Waals surface area contributed by atoms with Crippen LogP contribution in [0, 0.1) is 0 Å². The molecule has 0 aliphatic heterocycles. The number of carbonyl (C=O) groups excluding carboxylic acids is 3. The van der Waals surface area contributed by atoms with Crippen LogP contribution in [0.2, 0.25) is 0 Å². The minimum absolute atomic E-state index is 0.127. The third kappa shape index (κ3) is 46.6. The van der Waals surface area contributed by atoms with E-state index in [0.717, 1.165) is 96.3 Å². The molecule has 0 heterocycles. The molecule has 62 heavy (non-hydrogen) atoms. The Balaban J connectivity index is 4.57. The summed E-state index contributed by atoms with van der Waals surface area (Å²) in [6.45, 7) is 6.22. The van der Waals surface area contributed by atoms with Crippen LogP contribution in [0.1, 0.15) is 181 Å². The van der Waals surface area contributed by atoms with Crippen molar-refractivity contribution >= 4 is 17.9 Å². The number of rotatable bonds is 41. The van der Waals surface area contributed by atoms with Crippen LogP contribution in [-0.2, 0) is 28.6 Å². The summed E-state index contributed by atoms with van der Waals surface area (Å²) in [6, 6.07) is 0. The van der Waals surface area contributed by atoms with E-state index in [2.05, 4.69) is 106 Å². The fourth-order valence-electron chi connectivity index (χ4n) is 5.96. The van der Waals surface area contributed by atoms with Gasteiger partial charge >= 0.3 is 17.9 Å². The number of unbranched alkanes of at least 4 members (excludes halogenated alkanes) is 14. The van der Waals surface area contributed by atoms with Gasteiger partial charge in [-0.25, -0.2) is 0 Å². The summed E-state index contributed by atoms with van der Waals surface area (Å²) in [5.74, 6) is -1.06. The fraction of sp³-hybridized carbons (Fsp3) is 0.554. The van der Waals surface area contributed by atoms with E-state index in [4.69, 9.17) is 14.2 Å². The van der Waals surface area contributed by atoms with Gasteiger partial charge in [-0.05, 0) is 89.9 Å². The van der Waals surface area contributed by atoms with Gasteiger partial charge in [-0.3, -0.25) is 14.4 Å². The molecular formula is C56H86O6. The number of hydrogen-bond acceptors (Lipinski definition) is 6. The summed E-state index contributed by atoms with van der Waals surface area (Å²) < 4.78 is 16.6. The van der Waals surface area contributed by atoms with Gasteiger partial charge in [-0.1, -0.05) is 206 Å². The van der Waals surface area contributed by atoms with Gasteiger partial charge in [0.2, 0.25) is 0 Å². The SMILES string of the molecule is CC\C=C/C=C\C=C/C=C\C=C/CCCCCC(=O)OC(COC(=O)CCC/C=C\C/C=C\C/C=C\CC)COC(=O)CCCCCCC\C=C/C=C\C=C/CCCCCCC. The monoisotopic (exact) mass is 855 g/mol. The van der Waals surface area contributed by atoms with Gasteiger partial charge in [0.15, 0.2) is 6.10 Å². The molecule has 1 unspecified atom stereocenters. The zero-order valence-corrected chi connectivity index (χ0v) is 39.3. The summed E-state index contributed by atoms with van der Waals surface area (Å²) in [5.41, 5.74) is 0. The third-order valence-corrected chi connectivity index (χ3v) is 9.56. The van der Waals surface area contributed by atoms with E-state index < -0.39 is 6.10 Å². The van der Waals surface area contributed by atoms with Crippen molar-refractivity contribution in [1.29, 1.82) is 0 Å². The number of carbonyl (C=O) groups is 3. The van der Waals surface area contributed by atoms with Crippen molar-refractivity contribution in [2.45, 2.75) is 187 Å². The lowest BCUT2D eigenvalue weighted by Crippen LogP contribution is -2.30. The molecule has 6 heteroatoms. The van der Waals surface area contributed by atoms with E-state index in [9.17, 15) is 14.4 Å². The molecule has 0 aromatic carbocycles. The Morgan fingerprint density at radius 1 is 0.355 bits per heavy atom. The topological polar surface area (TPSA) is 78.9 Å².